The molecule has 2 amide bonds. The van der Waals surface area contributed by atoms with Crippen molar-refractivity contribution < 1.29 is 22.8 Å². The minimum Gasteiger partial charge on any atom is -0.350 e. The highest BCUT2D eigenvalue weighted by molar-refractivity contribution is 5.88. The summed E-state index contributed by atoms with van der Waals surface area (Å²) >= 11 is 0. The molecule has 0 aliphatic carbocycles. The molecule has 2 aromatic rings. The van der Waals surface area contributed by atoms with Crippen LogP contribution in [0.5, 0.6) is 0 Å². The van der Waals surface area contributed by atoms with E-state index in [1.54, 1.807) is 0 Å². The third-order valence-electron chi connectivity index (χ3n) is 4.22. The number of benzene rings is 2. The van der Waals surface area contributed by atoms with Gasteiger partial charge in [-0.25, -0.2) is 0 Å². The Kier molecular flexibility index (Phi) is 7.20. The van der Waals surface area contributed by atoms with E-state index in [9.17, 15) is 22.8 Å². The number of rotatable bonds is 7. The van der Waals surface area contributed by atoms with E-state index in [4.69, 9.17) is 0 Å². The average Bonchev–Trinajstić information content (AvgIpc) is 2.64. The molecule has 0 heterocycles. The lowest BCUT2D eigenvalue weighted by molar-refractivity contribution is -0.137. The molecule has 28 heavy (non-hydrogen) atoms. The molecule has 0 fully saturated rings. The Labute approximate surface area is 162 Å². The molecule has 150 valence electrons. The first kappa shape index (κ1) is 21.5. The van der Waals surface area contributed by atoms with E-state index in [0.29, 0.717) is 5.56 Å². The minimum absolute atomic E-state index is 0.0781. The number of halogens is 3. The molecule has 0 aliphatic rings. The molecule has 0 bridgehead atoms. The molecule has 0 saturated carbocycles. The van der Waals surface area contributed by atoms with Gasteiger partial charge in [0.15, 0.2) is 0 Å². The Hall–Kier alpha value is -2.83. The van der Waals surface area contributed by atoms with Crippen LogP contribution in [0.25, 0.3) is 0 Å². The first-order valence-corrected chi connectivity index (χ1v) is 8.94. The number of carbonyl (C=O) groups is 2. The normalized spacial score (nSPS) is 12.5. The maximum absolute atomic E-state index is 12.6. The minimum atomic E-state index is -4.40. The second-order valence-corrected chi connectivity index (χ2v) is 6.86. The number of alkyl halides is 3. The summed E-state index contributed by atoms with van der Waals surface area (Å²) in [6, 6.07) is 13.0. The number of carbonyl (C=O) groups excluding carboxylic acids is 2. The molecule has 2 rings (SSSR count). The smallest absolute Gasteiger partial charge is 0.350 e. The Morgan fingerprint density at radius 2 is 1.54 bits per heavy atom. The molecular weight excluding hydrogens is 369 g/mol. The molecular formula is C21H23F3N2O2. The number of hydrogen-bond acceptors (Lipinski definition) is 2. The molecule has 0 aliphatic heterocycles. The summed E-state index contributed by atoms with van der Waals surface area (Å²) in [6.07, 6.45) is -4.23. The van der Waals surface area contributed by atoms with Gasteiger partial charge < -0.3 is 10.6 Å². The predicted octanol–water partition coefficient (Wildman–Crippen LogP) is 3.71. The van der Waals surface area contributed by atoms with E-state index >= 15 is 0 Å². The van der Waals surface area contributed by atoms with Crippen LogP contribution in [0.1, 0.15) is 30.5 Å². The predicted molar refractivity (Wildman–Crippen MR) is 100 cm³/mol. The van der Waals surface area contributed by atoms with Crippen LogP contribution in [0, 0.1) is 5.92 Å². The van der Waals surface area contributed by atoms with Gasteiger partial charge in [-0.2, -0.15) is 13.2 Å². The number of amides is 2. The van der Waals surface area contributed by atoms with E-state index in [0.717, 1.165) is 17.7 Å². The van der Waals surface area contributed by atoms with Gasteiger partial charge in [-0.3, -0.25) is 9.59 Å². The van der Waals surface area contributed by atoms with Crippen molar-refractivity contribution in [2.45, 2.75) is 39.0 Å². The molecule has 7 heteroatoms. The van der Waals surface area contributed by atoms with E-state index < -0.39 is 17.8 Å². The molecule has 1 atom stereocenters. The summed E-state index contributed by atoms with van der Waals surface area (Å²) in [6.45, 7) is 3.70. The van der Waals surface area contributed by atoms with Gasteiger partial charge in [-0.1, -0.05) is 56.3 Å². The van der Waals surface area contributed by atoms with E-state index in [1.807, 2.05) is 44.2 Å². The first-order chi connectivity index (χ1) is 13.2. The SMILES string of the molecule is CC(C)[C@H](NC(=O)Cc1ccccc1)C(=O)NCc1ccc(C(F)(F)F)cc1. The standard InChI is InChI=1S/C21H23F3N2O2/c1-14(2)19(26-18(27)12-15-6-4-3-5-7-15)20(28)25-13-16-8-10-17(11-9-16)21(22,23)24/h3-11,14,19H,12-13H2,1-2H3,(H,25,28)(H,26,27)/t19-/m0/s1. The monoisotopic (exact) mass is 392 g/mol. The second kappa shape index (κ2) is 9.39. The van der Waals surface area contributed by atoms with Crippen LogP contribution in [-0.2, 0) is 28.7 Å². The fourth-order valence-electron chi connectivity index (χ4n) is 2.65. The average molecular weight is 392 g/mol. The lowest BCUT2D eigenvalue weighted by Crippen LogP contribution is -2.49. The van der Waals surface area contributed by atoms with Crippen LogP contribution in [0.15, 0.2) is 54.6 Å². The molecule has 0 unspecified atom stereocenters. The zero-order chi connectivity index (χ0) is 20.7. The zero-order valence-electron chi connectivity index (χ0n) is 15.7. The van der Waals surface area contributed by atoms with Crippen molar-refractivity contribution in [3.8, 4) is 0 Å². The van der Waals surface area contributed by atoms with Crippen molar-refractivity contribution in [3.63, 3.8) is 0 Å². The zero-order valence-corrected chi connectivity index (χ0v) is 15.7. The first-order valence-electron chi connectivity index (χ1n) is 8.94. The van der Waals surface area contributed by atoms with Crippen molar-refractivity contribution in [2.24, 2.45) is 5.92 Å². The largest absolute Gasteiger partial charge is 0.416 e. The van der Waals surface area contributed by atoms with Crippen LogP contribution in [0.3, 0.4) is 0 Å². The Bertz CT molecular complexity index is 788. The molecule has 0 saturated heterocycles. The maximum atomic E-state index is 12.6. The van der Waals surface area contributed by atoms with Crippen LogP contribution in [-0.4, -0.2) is 17.9 Å². The van der Waals surface area contributed by atoms with Crippen molar-refractivity contribution in [1.29, 1.82) is 0 Å². The van der Waals surface area contributed by atoms with Crippen molar-refractivity contribution >= 4 is 11.8 Å². The third kappa shape index (κ3) is 6.40. The van der Waals surface area contributed by atoms with E-state index in [2.05, 4.69) is 10.6 Å². The molecule has 0 spiro atoms. The van der Waals surface area contributed by atoms with Crippen LogP contribution in [0.2, 0.25) is 0 Å². The van der Waals surface area contributed by atoms with Crippen molar-refractivity contribution in [1.82, 2.24) is 10.6 Å². The lowest BCUT2D eigenvalue weighted by atomic mass is 10.0. The summed E-state index contributed by atoms with van der Waals surface area (Å²) in [5.74, 6) is -0.793. The summed E-state index contributed by atoms with van der Waals surface area (Å²) in [5, 5.41) is 5.40. The highest BCUT2D eigenvalue weighted by atomic mass is 19.4. The highest BCUT2D eigenvalue weighted by Gasteiger charge is 2.30. The van der Waals surface area contributed by atoms with Crippen LogP contribution in [0.4, 0.5) is 13.2 Å². The van der Waals surface area contributed by atoms with Crippen molar-refractivity contribution in [2.75, 3.05) is 0 Å². The Morgan fingerprint density at radius 3 is 2.07 bits per heavy atom. The molecule has 0 radical (unpaired) electrons. The lowest BCUT2D eigenvalue weighted by Gasteiger charge is -2.22. The van der Waals surface area contributed by atoms with Gasteiger partial charge in [0.25, 0.3) is 0 Å². The molecule has 4 nitrogen and oxygen atoms in total. The van der Waals surface area contributed by atoms with Crippen LogP contribution >= 0.6 is 0 Å². The number of hydrogen-bond donors (Lipinski definition) is 2. The van der Waals surface area contributed by atoms with E-state index in [1.165, 1.54) is 12.1 Å². The molecule has 2 aromatic carbocycles. The Morgan fingerprint density at radius 1 is 0.929 bits per heavy atom. The second-order valence-electron chi connectivity index (χ2n) is 6.86. The topological polar surface area (TPSA) is 58.2 Å². The Balaban J connectivity index is 1.92. The number of nitrogens with one attached hydrogen (secondary N) is 2. The summed E-state index contributed by atoms with van der Waals surface area (Å²) in [4.78, 5) is 24.7. The van der Waals surface area contributed by atoms with Gasteiger partial charge in [-0.15, -0.1) is 0 Å². The third-order valence-corrected chi connectivity index (χ3v) is 4.22. The summed E-state index contributed by atoms with van der Waals surface area (Å²) in [7, 11) is 0. The fourth-order valence-corrected chi connectivity index (χ4v) is 2.65. The van der Waals surface area contributed by atoms with Gasteiger partial charge >= 0.3 is 6.18 Å². The quantitative estimate of drug-likeness (QED) is 0.755. The van der Waals surface area contributed by atoms with E-state index in [-0.39, 0.29) is 30.7 Å². The van der Waals surface area contributed by atoms with Gasteiger partial charge in [0.2, 0.25) is 11.8 Å². The van der Waals surface area contributed by atoms with Gasteiger partial charge in [0.05, 0.1) is 12.0 Å². The van der Waals surface area contributed by atoms with Crippen molar-refractivity contribution in [3.05, 3.63) is 71.3 Å². The fraction of sp³-hybridized carbons (Fsp3) is 0.333. The maximum Gasteiger partial charge on any atom is 0.416 e. The summed E-state index contributed by atoms with van der Waals surface area (Å²) < 4.78 is 37.8. The molecule has 0 aromatic heterocycles. The van der Waals surface area contributed by atoms with Gasteiger partial charge in [-0.05, 0) is 29.2 Å². The highest BCUT2D eigenvalue weighted by Crippen LogP contribution is 2.29. The van der Waals surface area contributed by atoms with Gasteiger partial charge in [0, 0.05) is 6.54 Å². The van der Waals surface area contributed by atoms with Gasteiger partial charge in [0.1, 0.15) is 6.04 Å². The summed E-state index contributed by atoms with van der Waals surface area (Å²) in [5.41, 5.74) is 0.642. The van der Waals surface area contributed by atoms with Crippen LogP contribution < -0.4 is 10.6 Å². The molecule has 2 N–H and O–H groups in total.